The zero-order chi connectivity index (χ0) is 15.0. The number of aliphatic hydroxyl groups excluding tert-OH is 1. The first-order chi connectivity index (χ1) is 10.1. The SMILES string of the molecule is Cc1c(Br)cccc1C(=O)N[C@@H]1c2ccccc2C[C@@H]1O. The van der Waals surface area contributed by atoms with Crippen LogP contribution < -0.4 is 5.32 Å². The lowest BCUT2D eigenvalue weighted by molar-refractivity contribution is 0.0857. The first kappa shape index (κ1) is 14.3. The van der Waals surface area contributed by atoms with Crippen molar-refractivity contribution >= 4 is 21.8 Å². The number of hydrogen-bond donors (Lipinski definition) is 2. The molecular formula is C17H16BrNO2. The molecule has 0 radical (unpaired) electrons. The largest absolute Gasteiger partial charge is 0.390 e. The molecule has 0 spiro atoms. The van der Waals surface area contributed by atoms with Crippen LogP contribution in [0, 0.1) is 6.92 Å². The summed E-state index contributed by atoms with van der Waals surface area (Å²) >= 11 is 3.44. The van der Waals surface area contributed by atoms with Crippen molar-refractivity contribution in [2.45, 2.75) is 25.5 Å². The lowest BCUT2D eigenvalue weighted by atomic mass is 10.1. The number of carbonyl (C=O) groups excluding carboxylic acids is 1. The van der Waals surface area contributed by atoms with Crippen LogP contribution in [-0.2, 0) is 6.42 Å². The quantitative estimate of drug-likeness (QED) is 0.878. The molecule has 0 unspecified atom stereocenters. The summed E-state index contributed by atoms with van der Waals surface area (Å²) in [5, 5.41) is 13.2. The molecule has 108 valence electrons. The summed E-state index contributed by atoms with van der Waals surface area (Å²) in [6.45, 7) is 1.90. The fraction of sp³-hybridized carbons (Fsp3) is 0.235. The highest BCUT2D eigenvalue weighted by atomic mass is 79.9. The van der Waals surface area contributed by atoms with Gasteiger partial charge in [0.1, 0.15) is 0 Å². The van der Waals surface area contributed by atoms with Crippen LogP contribution in [0.15, 0.2) is 46.9 Å². The van der Waals surface area contributed by atoms with Crippen molar-refractivity contribution in [3.63, 3.8) is 0 Å². The Bertz CT molecular complexity index is 699. The number of aliphatic hydroxyl groups is 1. The third-order valence-electron chi connectivity index (χ3n) is 4.00. The normalized spacial score (nSPS) is 20.1. The summed E-state index contributed by atoms with van der Waals surface area (Å²) in [6.07, 6.45) is 0.0114. The second-order valence-electron chi connectivity index (χ2n) is 5.33. The summed E-state index contributed by atoms with van der Waals surface area (Å²) < 4.78 is 0.905. The predicted octanol–water partition coefficient (Wildman–Crippen LogP) is 3.15. The molecule has 0 saturated carbocycles. The molecule has 0 fully saturated rings. The molecule has 21 heavy (non-hydrogen) atoms. The topological polar surface area (TPSA) is 49.3 Å². The molecule has 0 aliphatic heterocycles. The van der Waals surface area contributed by atoms with Gasteiger partial charge in [0, 0.05) is 16.5 Å². The van der Waals surface area contributed by atoms with Crippen LogP contribution >= 0.6 is 15.9 Å². The molecule has 2 aromatic carbocycles. The molecule has 4 heteroatoms. The molecule has 1 aliphatic carbocycles. The van der Waals surface area contributed by atoms with Gasteiger partial charge in [0.2, 0.25) is 0 Å². The van der Waals surface area contributed by atoms with E-state index in [1.807, 2.05) is 43.3 Å². The summed E-state index contributed by atoms with van der Waals surface area (Å²) in [6, 6.07) is 13.0. The van der Waals surface area contributed by atoms with E-state index in [2.05, 4.69) is 21.2 Å². The van der Waals surface area contributed by atoms with E-state index in [1.165, 1.54) is 0 Å². The van der Waals surface area contributed by atoms with Gasteiger partial charge in [0.05, 0.1) is 12.1 Å². The van der Waals surface area contributed by atoms with Crippen LogP contribution in [0.25, 0.3) is 0 Å². The van der Waals surface area contributed by atoms with Gasteiger partial charge >= 0.3 is 0 Å². The third kappa shape index (κ3) is 2.61. The minimum atomic E-state index is -0.571. The smallest absolute Gasteiger partial charge is 0.252 e. The number of rotatable bonds is 2. The highest BCUT2D eigenvalue weighted by Gasteiger charge is 2.32. The maximum absolute atomic E-state index is 12.5. The van der Waals surface area contributed by atoms with E-state index in [-0.39, 0.29) is 11.9 Å². The molecule has 0 aromatic heterocycles. The van der Waals surface area contributed by atoms with Crippen LogP contribution in [-0.4, -0.2) is 17.1 Å². The maximum Gasteiger partial charge on any atom is 0.252 e. The second kappa shape index (κ2) is 5.62. The molecule has 1 aliphatic rings. The van der Waals surface area contributed by atoms with Gasteiger partial charge in [-0.3, -0.25) is 4.79 Å². The van der Waals surface area contributed by atoms with Gasteiger partial charge < -0.3 is 10.4 Å². The Morgan fingerprint density at radius 2 is 2.00 bits per heavy atom. The summed E-state index contributed by atoms with van der Waals surface area (Å²) in [5.74, 6) is -0.158. The highest BCUT2D eigenvalue weighted by molar-refractivity contribution is 9.10. The van der Waals surface area contributed by atoms with Gasteiger partial charge in [-0.2, -0.15) is 0 Å². The molecule has 0 heterocycles. The molecule has 0 bridgehead atoms. The molecule has 2 aromatic rings. The first-order valence-electron chi connectivity index (χ1n) is 6.90. The number of nitrogens with one attached hydrogen (secondary N) is 1. The minimum absolute atomic E-state index is 0.158. The Kier molecular flexibility index (Phi) is 3.83. The Balaban J connectivity index is 1.87. The van der Waals surface area contributed by atoms with Gasteiger partial charge in [0.15, 0.2) is 0 Å². The highest BCUT2D eigenvalue weighted by Crippen LogP contribution is 2.31. The van der Waals surface area contributed by atoms with Gasteiger partial charge in [-0.05, 0) is 35.7 Å². The van der Waals surface area contributed by atoms with Crippen molar-refractivity contribution in [2.24, 2.45) is 0 Å². The second-order valence-corrected chi connectivity index (χ2v) is 6.19. The lowest BCUT2D eigenvalue weighted by Gasteiger charge is -2.19. The monoisotopic (exact) mass is 345 g/mol. The number of amides is 1. The number of hydrogen-bond acceptors (Lipinski definition) is 2. The van der Waals surface area contributed by atoms with Gasteiger partial charge in [-0.1, -0.05) is 46.3 Å². The third-order valence-corrected chi connectivity index (χ3v) is 4.86. The van der Waals surface area contributed by atoms with E-state index in [0.717, 1.165) is 21.2 Å². The Hall–Kier alpha value is -1.65. The predicted molar refractivity (Wildman–Crippen MR) is 85.2 cm³/mol. The number of halogens is 1. The number of benzene rings is 2. The molecule has 0 saturated heterocycles. The average molecular weight is 346 g/mol. The average Bonchev–Trinajstić information content (AvgIpc) is 2.78. The van der Waals surface area contributed by atoms with Crippen molar-refractivity contribution in [2.75, 3.05) is 0 Å². The molecular weight excluding hydrogens is 330 g/mol. The number of carbonyl (C=O) groups is 1. The van der Waals surface area contributed by atoms with E-state index in [0.29, 0.717) is 12.0 Å². The summed E-state index contributed by atoms with van der Waals surface area (Å²) in [5.41, 5.74) is 3.63. The molecule has 1 amide bonds. The van der Waals surface area contributed by atoms with Gasteiger partial charge in [-0.15, -0.1) is 0 Å². The van der Waals surface area contributed by atoms with Crippen LogP contribution in [0.5, 0.6) is 0 Å². The molecule has 3 nitrogen and oxygen atoms in total. The lowest BCUT2D eigenvalue weighted by Crippen LogP contribution is -2.34. The zero-order valence-electron chi connectivity index (χ0n) is 11.6. The number of fused-ring (bicyclic) bond motifs is 1. The Morgan fingerprint density at radius 1 is 1.24 bits per heavy atom. The minimum Gasteiger partial charge on any atom is -0.390 e. The van der Waals surface area contributed by atoms with Crippen molar-refractivity contribution < 1.29 is 9.90 Å². The van der Waals surface area contributed by atoms with Crippen LogP contribution in [0.1, 0.15) is 33.1 Å². The Labute approximate surface area is 132 Å². The van der Waals surface area contributed by atoms with E-state index < -0.39 is 6.10 Å². The van der Waals surface area contributed by atoms with Crippen molar-refractivity contribution in [1.82, 2.24) is 5.32 Å². The van der Waals surface area contributed by atoms with Crippen LogP contribution in [0.2, 0.25) is 0 Å². The van der Waals surface area contributed by atoms with Crippen molar-refractivity contribution in [1.29, 1.82) is 0 Å². The zero-order valence-corrected chi connectivity index (χ0v) is 13.2. The summed E-state index contributed by atoms with van der Waals surface area (Å²) in [4.78, 5) is 12.5. The van der Waals surface area contributed by atoms with E-state index >= 15 is 0 Å². The molecule has 3 rings (SSSR count). The summed E-state index contributed by atoms with van der Waals surface area (Å²) in [7, 11) is 0. The Morgan fingerprint density at radius 3 is 2.81 bits per heavy atom. The van der Waals surface area contributed by atoms with Crippen LogP contribution in [0.3, 0.4) is 0 Å². The van der Waals surface area contributed by atoms with Crippen molar-refractivity contribution in [3.8, 4) is 0 Å². The van der Waals surface area contributed by atoms with E-state index in [1.54, 1.807) is 6.07 Å². The standard InChI is InChI=1S/C17H16BrNO2/c1-10-12(7-4-8-14(10)18)17(21)19-16-13-6-3-2-5-11(13)9-15(16)20/h2-8,15-16,20H,9H2,1H3,(H,19,21)/t15-,16+/m0/s1. The molecule has 2 N–H and O–H groups in total. The van der Waals surface area contributed by atoms with Crippen LogP contribution in [0.4, 0.5) is 0 Å². The fourth-order valence-electron chi connectivity index (χ4n) is 2.82. The van der Waals surface area contributed by atoms with E-state index in [4.69, 9.17) is 0 Å². The van der Waals surface area contributed by atoms with Gasteiger partial charge in [-0.25, -0.2) is 0 Å². The molecule has 2 atom stereocenters. The van der Waals surface area contributed by atoms with Gasteiger partial charge in [0.25, 0.3) is 5.91 Å². The maximum atomic E-state index is 12.5. The fourth-order valence-corrected chi connectivity index (χ4v) is 3.19. The first-order valence-corrected chi connectivity index (χ1v) is 7.69. The van der Waals surface area contributed by atoms with E-state index in [9.17, 15) is 9.90 Å². The van der Waals surface area contributed by atoms with Crippen molar-refractivity contribution in [3.05, 3.63) is 69.2 Å².